The summed E-state index contributed by atoms with van der Waals surface area (Å²) >= 11 is 1.44. The first-order valence-corrected chi connectivity index (χ1v) is 20.3. The molecule has 0 aliphatic rings. The topological polar surface area (TPSA) is 74.6 Å². The fraction of sp³-hybridized carbons (Fsp3) is 0.667. The van der Waals surface area contributed by atoms with Crippen LogP contribution in [0.4, 0.5) is 0 Å². The Hall–Kier alpha value is -2.31. The number of carbonyl (C=O) groups is 2. The Bertz CT molecular complexity index is 953. The van der Waals surface area contributed by atoms with E-state index in [0.717, 1.165) is 9.79 Å². The smallest absolute Gasteiger partial charge is 0.335 e. The van der Waals surface area contributed by atoms with Gasteiger partial charge in [0.2, 0.25) is 0 Å². The molecule has 2 aromatic rings. The third-order valence-corrected chi connectivity index (χ3v) is 10.4. The lowest BCUT2D eigenvalue weighted by Gasteiger charge is -2.39. The van der Waals surface area contributed by atoms with Crippen LogP contribution in [0.25, 0.3) is 0 Å². The third kappa shape index (κ3) is 20.9. The Labute approximate surface area is 298 Å². The number of carboxylic acid groups (broad SMARTS) is 2. The number of aromatic carboxylic acids is 2. The van der Waals surface area contributed by atoms with Gasteiger partial charge in [0, 0.05) is 9.79 Å². The summed E-state index contributed by atoms with van der Waals surface area (Å²) in [6.45, 7) is 15.2. The minimum absolute atomic E-state index is 0.241. The molecule has 0 amide bonds. The monoisotopic (exact) mass is 685 g/mol. The van der Waals surface area contributed by atoms with Crippen LogP contribution in [0.1, 0.15) is 177 Å². The van der Waals surface area contributed by atoms with Gasteiger partial charge in [-0.2, -0.15) is 0 Å². The molecule has 6 heteroatoms. The fourth-order valence-electron chi connectivity index (χ4n) is 6.34. The molecule has 2 N–H and O–H groups in total. The number of rotatable bonds is 28. The minimum Gasteiger partial charge on any atom is -0.478 e. The van der Waals surface area contributed by atoms with Crippen molar-refractivity contribution in [1.29, 1.82) is 0 Å². The summed E-state index contributed by atoms with van der Waals surface area (Å²) in [6.07, 6.45) is 28.8. The first kappa shape index (κ1) is 43.7. The molecule has 0 fully saturated rings. The van der Waals surface area contributed by atoms with Crippen LogP contribution in [0.3, 0.4) is 0 Å². The van der Waals surface area contributed by atoms with Crippen LogP contribution in [0.15, 0.2) is 58.3 Å². The Balaban J connectivity index is 0.000000519. The molecule has 0 saturated carbocycles. The number of hydrogen-bond acceptors (Lipinski definition) is 3. The highest BCUT2D eigenvalue weighted by Gasteiger charge is 2.25. The number of benzene rings is 2. The predicted molar refractivity (Wildman–Crippen MR) is 206 cm³/mol. The van der Waals surface area contributed by atoms with E-state index in [1.807, 2.05) is 0 Å². The van der Waals surface area contributed by atoms with Crippen LogP contribution in [0.2, 0.25) is 0 Å². The maximum absolute atomic E-state index is 10.7. The predicted octanol–water partition coefficient (Wildman–Crippen LogP) is 12.9. The van der Waals surface area contributed by atoms with E-state index in [0.29, 0.717) is 0 Å². The van der Waals surface area contributed by atoms with E-state index in [1.54, 1.807) is 24.3 Å². The zero-order chi connectivity index (χ0) is 35.3. The normalized spacial score (nSPS) is 11.2. The van der Waals surface area contributed by atoms with Gasteiger partial charge < -0.3 is 14.7 Å². The maximum atomic E-state index is 10.7. The minimum atomic E-state index is -0.956. The standard InChI is InChI=1S/C28H60N.C14H10O4S/c1-5-9-13-17-21-25-29(26-22-18-14-10-6-2,27-23-19-15-11-7-3)28-24-20-16-12-8-4;15-13(16)9-1-5-11(6-2-9)19-12-7-3-10(4-8-12)14(17)18/h5-28H2,1-4H3;1-8H,(H,15,16)(H,17,18)/q+1;. The van der Waals surface area contributed by atoms with Crippen molar-refractivity contribution < 1.29 is 24.3 Å². The van der Waals surface area contributed by atoms with Gasteiger partial charge in [-0.05, 0) is 99.9 Å². The molecule has 5 nitrogen and oxygen atoms in total. The van der Waals surface area contributed by atoms with Crippen molar-refractivity contribution in [2.45, 2.75) is 166 Å². The van der Waals surface area contributed by atoms with E-state index >= 15 is 0 Å². The SMILES string of the molecule is CCCCCCC[N+](CCCCCCC)(CCCCCCC)CCCCCCC.O=C(O)c1ccc(Sc2ccc(C(=O)O)cc2)cc1. The zero-order valence-corrected chi connectivity index (χ0v) is 32.0. The summed E-state index contributed by atoms with van der Waals surface area (Å²) in [5.41, 5.74) is 0.483. The molecule has 2 rings (SSSR count). The van der Waals surface area contributed by atoms with Gasteiger partial charge in [0.1, 0.15) is 0 Å². The van der Waals surface area contributed by atoms with Crippen molar-refractivity contribution >= 4 is 23.7 Å². The molecule has 0 unspecified atom stereocenters. The van der Waals surface area contributed by atoms with Crippen LogP contribution in [0, 0.1) is 0 Å². The molecule has 0 aromatic heterocycles. The largest absolute Gasteiger partial charge is 0.478 e. The van der Waals surface area contributed by atoms with Crippen molar-refractivity contribution in [1.82, 2.24) is 0 Å². The molecule has 0 atom stereocenters. The average molecular weight is 685 g/mol. The molecule has 48 heavy (non-hydrogen) atoms. The molecule has 0 aliphatic heterocycles. The second-order valence-corrected chi connectivity index (χ2v) is 14.8. The number of unbranched alkanes of at least 4 members (excludes halogenated alkanes) is 16. The van der Waals surface area contributed by atoms with Crippen LogP contribution in [0.5, 0.6) is 0 Å². The second kappa shape index (κ2) is 28.5. The molecule has 0 heterocycles. The van der Waals surface area contributed by atoms with Gasteiger partial charge in [-0.1, -0.05) is 117 Å². The van der Waals surface area contributed by atoms with E-state index in [1.165, 1.54) is 195 Å². The molecule has 0 saturated heterocycles. The quantitative estimate of drug-likeness (QED) is 0.0689. The van der Waals surface area contributed by atoms with Crippen molar-refractivity contribution in [2.24, 2.45) is 0 Å². The molecule has 2 aromatic carbocycles. The fourth-order valence-corrected chi connectivity index (χ4v) is 7.16. The number of nitrogens with zero attached hydrogens (tertiary/aromatic N) is 1. The van der Waals surface area contributed by atoms with Crippen molar-refractivity contribution in [2.75, 3.05) is 26.2 Å². The van der Waals surface area contributed by atoms with Crippen LogP contribution < -0.4 is 0 Å². The average Bonchev–Trinajstić information content (AvgIpc) is 3.08. The van der Waals surface area contributed by atoms with Gasteiger partial charge in [0.25, 0.3) is 0 Å². The highest BCUT2D eigenvalue weighted by Crippen LogP contribution is 2.28. The van der Waals surface area contributed by atoms with Gasteiger partial charge in [-0.25, -0.2) is 9.59 Å². The van der Waals surface area contributed by atoms with E-state index in [9.17, 15) is 9.59 Å². The molecular formula is C42H70NO4S+. The zero-order valence-electron chi connectivity index (χ0n) is 31.2. The Morgan fingerprint density at radius 3 is 0.917 bits per heavy atom. The first-order valence-electron chi connectivity index (χ1n) is 19.5. The molecule has 0 radical (unpaired) electrons. The van der Waals surface area contributed by atoms with Gasteiger partial charge in [0.05, 0.1) is 37.3 Å². The highest BCUT2D eigenvalue weighted by molar-refractivity contribution is 7.99. The van der Waals surface area contributed by atoms with Crippen LogP contribution >= 0.6 is 11.8 Å². The van der Waals surface area contributed by atoms with Crippen molar-refractivity contribution in [3.8, 4) is 0 Å². The summed E-state index contributed by atoms with van der Waals surface area (Å²) in [5, 5.41) is 17.6. The lowest BCUT2D eigenvalue weighted by Crippen LogP contribution is -2.50. The lowest BCUT2D eigenvalue weighted by molar-refractivity contribution is -0.929. The van der Waals surface area contributed by atoms with Crippen LogP contribution in [-0.4, -0.2) is 52.8 Å². The summed E-state index contributed by atoms with van der Waals surface area (Å²) in [6, 6.07) is 13.0. The Kier molecular flexibility index (Phi) is 26.0. The second-order valence-electron chi connectivity index (χ2n) is 13.7. The molecule has 0 spiro atoms. The summed E-state index contributed by atoms with van der Waals surface area (Å²) in [4.78, 5) is 23.2. The third-order valence-electron chi connectivity index (χ3n) is 9.38. The summed E-state index contributed by atoms with van der Waals surface area (Å²) in [7, 11) is 0. The maximum Gasteiger partial charge on any atom is 0.335 e. The number of hydrogen-bond donors (Lipinski definition) is 2. The van der Waals surface area contributed by atoms with Gasteiger partial charge in [0.15, 0.2) is 0 Å². The molecule has 0 bridgehead atoms. The summed E-state index contributed by atoms with van der Waals surface area (Å²) in [5.74, 6) is -1.91. The lowest BCUT2D eigenvalue weighted by atomic mass is 10.1. The molecular weight excluding hydrogens is 615 g/mol. The van der Waals surface area contributed by atoms with Gasteiger partial charge in [-0.3, -0.25) is 0 Å². The van der Waals surface area contributed by atoms with E-state index in [2.05, 4.69) is 27.7 Å². The first-order chi connectivity index (χ1) is 23.3. The highest BCUT2D eigenvalue weighted by atomic mass is 32.2. The molecule has 0 aliphatic carbocycles. The van der Waals surface area contributed by atoms with Gasteiger partial charge in [-0.15, -0.1) is 0 Å². The van der Waals surface area contributed by atoms with E-state index in [4.69, 9.17) is 10.2 Å². The Morgan fingerprint density at radius 1 is 0.438 bits per heavy atom. The van der Waals surface area contributed by atoms with Crippen LogP contribution in [-0.2, 0) is 0 Å². The number of quaternary nitrogens is 1. The van der Waals surface area contributed by atoms with Crippen molar-refractivity contribution in [3.63, 3.8) is 0 Å². The van der Waals surface area contributed by atoms with Crippen molar-refractivity contribution in [3.05, 3.63) is 59.7 Å². The summed E-state index contributed by atoms with van der Waals surface area (Å²) < 4.78 is 1.47. The van der Waals surface area contributed by atoms with E-state index in [-0.39, 0.29) is 11.1 Å². The molecule has 272 valence electrons. The number of carboxylic acids is 2. The Morgan fingerprint density at radius 2 is 0.688 bits per heavy atom. The van der Waals surface area contributed by atoms with E-state index < -0.39 is 11.9 Å². The van der Waals surface area contributed by atoms with Gasteiger partial charge >= 0.3 is 11.9 Å².